The molecule has 3 nitrogen and oxygen atoms in total. The Morgan fingerprint density at radius 2 is 1.90 bits per heavy atom. The third-order valence-corrected chi connectivity index (χ3v) is 4.14. The number of aromatic nitrogens is 2. The standard InChI is InChI=1S/C16H15N3S/c1-10-5-3-4-6-13(10)14-15(20-16(17)19-14)12-7-8-18-11(2)9-12/h3-9H,1-2H3,(H2,17,19). The van der Waals surface area contributed by atoms with Gasteiger partial charge in [0, 0.05) is 17.5 Å². The van der Waals surface area contributed by atoms with Gasteiger partial charge in [0.15, 0.2) is 5.13 Å². The molecule has 0 aliphatic carbocycles. The maximum atomic E-state index is 5.93. The van der Waals surface area contributed by atoms with Crippen molar-refractivity contribution in [3.63, 3.8) is 0 Å². The summed E-state index contributed by atoms with van der Waals surface area (Å²) in [5, 5.41) is 0.590. The van der Waals surface area contributed by atoms with Gasteiger partial charge in [-0.3, -0.25) is 4.98 Å². The Hall–Kier alpha value is -2.20. The van der Waals surface area contributed by atoms with E-state index < -0.39 is 0 Å². The second-order valence-corrected chi connectivity index (χ2v) is 5.76. The Labute approximate surface area is 122 Å². The van der Waals surface area contributed by atoms with Crippen LogP contribution in [-0.2, 0) is 0 Å². The maximum Gasteiger partial charge on any atom is 0.181 e. The zero-order valence-electron chi connectivity index (χ0n) is 11.4. The first-order valence-corrected chi connectivity index (χ1v) is 7.22. The van der Waals surface area contributed by atoms with E-state index in [1.165, 1.54) is 16.9 Å². The quantitative estimate of drug-likeness (QED) is 0.770. The molecule has 2 heterocycles. The molecular formula is C16H15N3S. The molecule has 3 rings (SSSR count). The topological polar surface area (TPSA) is 51.8 Å². The number of nitrogen functional groups attached to an aromatic ring is 1. The lowest BCUT2D eigenvalue weighted by Gasteiger charge is -2.06. The van der Waals surface area contributed by atoms with E-state index in [1.807, 2.05) is 31.3 Å². The molecule has 0 aliphatic rings. The van der Waals surface area contributed by atoms with Crippen LogP contribution in [0.3, 0.4) is 0 Å². The molecule has 1 aromatic carbocycles. The van der Waals surface area contributed by atoms with E-state index >= 15 is 0 Å². The van der Waals surface area contributed by atoms with Crippen LogP contribution in [0.2, 0.25) is 0 Å². The van der Waals surface area contributed by atoms with Gasteiger partial charge in [-0.25, -0.2) is 4.98 Å². The van der Waals surface area contributed by atoms with Crippen LogP contribution in [-0.4, -0.2) is 9.97 Å². The second kappa shape index (κ2) is 5.06. The number of benzene rings is 1. The summed E-state index contributed by atoms with van der Waals surface area (Å²) in [4.78, 5) is 9.87. The predicted molar refractivity (Wildman–Crippen MR) is 84.7 cm³/mol. The molecule has 0 atom stereocenters. The summed E-state index contributed by atoms with van der Waals surface area (Å²) >= 11 is 1.52. The minimum atomic E-state index is 0.590. The van der Waals surface area contributed by atoms with Crippen molar-refractivity contribution in [2.24, 2.45) is 0 Å². The molecule has 20 heavy (non-hydrogen) atoms. The average Bonchev–Trinajstić information content (AvgIpc) is 2.81. The SMILES string of the molecule is Cc1cc(-c2sc(N)nc2-c2ccccc2C)ccn1. The van der Waals surface area contributed by atoms with Gasteiger partial charge < -0.3 is 5.73 Å². The van der Waals surface area contributed by atoms with Crippen molar-refractivity contribution >= 4 is 16.5 Å². The third-order valence-electron chi connectivity index (χ3n) is 3.20. The minimum absolute atomic E-state index is 0.590. The Morgan fingerprint density at radius 3 is 2.65 bits per heavy atom. The van der Waals surface area contributed by atoms with Crippen LogP contribution in [0.15, 0.2) is 42.6 Å². The molecule has 0 fully saturated rings. The molecule has 0 radical (unpaired) electrons. The highest BCUT2D eigenvalue weighted by atomic mass is 32.1. The average molecular weight is 281 g/mol. The van der Waals surface area contributed by atoms with Gasteiger partial charge in [0.05, 0.1) is 10.6 Å². The van der Waals surface area contributed by atoms with Crippen LogP contribution in [0.25, 0.3) is 21.7 Å². The maximum absolute atomic E-state index is 5.93. The highest BCUT2D eigenvalue weighted by Crippen LogP contribution is 2.38. The van der Waals surface area contributed by atoms with Crippen molar-refractivity contribution in [1.29, 1.82) is 0 Å². The lowest BCUT2D eigenvalue weighted by Crippen LogP contribution is -1.88. The van der Waals surface area contributed by atoms with Gasteiger partial charge in [0.1, 0.15) is 0 Å². The van der Waals surface area contributed by atoms with Crippen LogP contribution >= 0.6 is 11.3 Å². The molecule has 0 saturated carbocycles. The van der Waals surface area contributed by atoms with Crippen molar-refractivity contribution < 1.29 is 0 Å². The molecule has 2 aromatic heterocycles. The molecule has 3 aromatic rings. The fourth-order valence-electron chi connectivity index (χ4n) is 2.24. The molecule has 0 aliphatic heterocycles. The number of anilines is 1. The smallest absolute Gasteiger partial charge is 0.181 e. The number of nitrogens with zero attached hydrogens (tertiary/aromatic N) is 2. The highest BCUT2D eigenvalue weighted by Gasteiger charge is 2.15. The fourth-order valence-corrected chi connectivity index (χ4v) is 3.08. The number of rotatable bonds is 2. The van der Waals surface area contributed by atoms with Crippen LogP contribution in [0.4, 0.5) is 5.13 Å². The number of aryl methyl sites for hydroxylation is 2. The molecule has 0 amide bonds. The number of nitrogens with two attached hydrogens (primary N) is 1. The second-order valence-electron chi connectivity index (χ2n) is 4.73. The summed E-state index contributed by atoms with van der Waals surface area (Å²) < 4.78 is 0. The molecule has 0 spiro atoms. The summed E-state index contributed by atoms with van der Waals surface area (Å²) in [6, 6.07) is 12.3. The summed E-state index contributed by atoms with van der Waals surface area (Å²) in [7, 11) is 0. The van der Waals surface area contributed by atoms with Crippen molar-refractivity contribution in [2.45, 2.75) is 13.8 Å². The molecule has 2 N–H and O–H groups in total. The van der Waals surface area contributed by atoms with Crippen molar-refractivity contribution in [1.82, 2.24) is 9.97 Å². The first kappa shape index (κ1) is 12.8. The van der Waals surface area contributed by atoms with E-state index in [-0.39, 0.29) is 0 Å². The highest BCUT2D eigenvalue weighted by molar-refractivity contribution is 7.19. The van der Waals surface area contributed by atoms with E-state index in [0.29, 0.717) is 5.13 Å². The van der Waals surface area contributed by atoms with Crippen LogP contribution < -0.4 is 5.73 Å². The van der Waals surface area contributed by atoms with E-state index in [4.69, 9.17) is 5.73 Å². The summed E-state index contributed by atoms with van der Waals surface area (Å²) in [5.41, 5.74) is 11.3. The molecule has 0 bridgehead atoms. The van der Waals surface area contributed by atoms with Crippen LogP contribution in [0.1, 0.15) is 11.3 Å². The summed E-state index contributed by atoms with van der Waals surface area (Å²) in [6.45, 7) is 4.08. The van der Waals surface area contributed by atoms with E-state index in [9.17, 15) is 0 Å². The van der Waals surface area contributed by atoms with E-state index in [0.717, 1.165) is 27.4 Å². The first-order valence-electron chi connectivity index (χ1n) is 6.40. The lowest BCUT2D eigenvalue weighted by molar-refractivity contribution is 1.20. The summed E-state index contributed by atoms with van der Waals surface area (Å²) in [5.74, 6) is 0. The van der Waals surface area contributed by atoms with Gasteiger partial charge in [-0.15, -0.1) is 0 Å². The van der Waals surface area contributed by atoms with Crippen LogP contribution in [0, 0.1) is 13.8 Å². The number of hydrogen-bond donors (Lipinski definition) is 1. The number of pyridine rings is 1. The Morgan fingerprint density at radius 1 is 1.10 bits per heavy atom. The van der Waals surface area contributed by atoms with Gasteiger partial charge in [0.2, 0.25) is 0 Å². The van der Waals surface area contributed by atoms with Crippen molar-refractivity contribution in [3.05, 3.63) is 53.9 Å². The van der Waals surface area contributed by atoms with Gasteiger partial charge in [-0.2, -0.15) is 0 Å². The monoisotopic (exact) mass is 281 g/mol. The Kier molecular flexibility index (Phi) is 3.24. The minimum Gasteiger partial charge on any atom is -0.375 e. The molecule has 0 unspecified atom stereocenters. The Bertz CT molecular complexity index is 762. The zero-order valence-corrected chi connectivity index (χ0v) is 12.2. The van der Waals surface area contributed by atoms with Crippen LogP contribution in [0.5, 0.6) is 0 Å². The van der Waals surface area contributed by atoms with Gasteiger partial charge in [-0.1, -0.05) is 35.6 Å². The van der Waals surface area contributed by atoms with Gasteiger partial charge in [0.25, 0.3) is 0 Å². The lowest BCUT2D eigenvalue weighted by atomic mass is 10.0. The van der Waals surface area contributed by atoms with Crippen molar-refractivity contribution in [2.75, 3.05) is 5.73 Å². The Balaban J connectivity index is 2.21. The molecule has 0 saturated heterocycles. The van der Waals surface area contributed by atoms with Crippen molar-refractivity contribution in [3.8, 4) is 21.7 Å². The molecule has 4 heteroatoms. The number of hydrogen-bond acceptors (Lipinski definition) is 4. The zero-order chi connectivity index (χ0) is 14.1. The number of thiazole rings is 1. The van der Waals surface area contributed by atoms with E-state index in [1.54, 1.807) is 0 Å². The predicted octanol–water partition coefficient (Wildman–Crippen LogP) is 4.07. The van der Waals surface area contributed by atoms with Gasteiger partial charge in [-0.05, 0) is 37.1 Å². The normalized spacial score (nSPS) is 10.7. The summed E-state index contributed by atoms with van der Waals surface area (Å²) in [6.07, 6.45) is 1.82. The third kappa shape index (κ3) is 2.30. The molecular weight excluding hydrogens is 266 g/mol. The fraction of sp³-hybridized carbons (Fsp3) is 0.125. The largest absolute Gasteiger partial charge is 0.375 e. The van der Waals surface area contributed by atoms with Gasteiger partial charge >= 0.3 is 0 Å². The van der Waals surface area contributed by atoms with E-state index in [2.05, 4.69) is 35.1 Å². The molecule has 100 valence electrons. The first-order chi connectivity index (χ1) is 9.65.